The van der Waals surface area contributed by atoms with Gasteiger partial charge in [0.25, 0.3) is 10.0 Å². The zero-order chi connectivity index (χ0) is 17.0. The van der Waals surface area contributed by atoms with Crippen LogP contribution in [0.25, 0.3) is 0 Å². The number of aromatic nitrogens is 1. The van der Waals surface area contributed by atoms with E-state index >= 15 is 0 Å². The summed E-state index contributed by atoms with van der Waals surface area (Å²) >= 11 is 5.85. The molecule has 0 aliphatic rings. The highest BCUT2D eigenvalue weighted by Crippen LogP contribution is 2.28. The summed E-state index contributed by atoms with van der Waals surface area (Å²) in [5, 5.41) is 0.243. The summed E-state index contributed by atoms with van der Waals surface area (Å²) in [6.45, 7) is 0. The maximum Gasteiger partial charge on any atom is 0.339 e. The van der Waals surface area contributed by atoms with Crippen LogP contribution >= 0.6 is 11.6 Å². The number of carbonyl (C=O) groups is 1. The molecule has 0 bridgehead atoms. The van der Waals surface area contributed by atoms with E-state index in [4.69, 9.17) is 16.3 Å². The molecule has 7 nitrogen and oxygen atoms in total. The second-order valence-corrected chi connectivity index (χ2v) is 6.44. The third-order valence-corrected chi connectivity index (χ3v) is 4.46. The molecule has 0 saturated carbocycles. The van der Waals surface area contributed by atoms with Crippen molar-refractivity contribution in [1.82, 2.24) is 4.98 Å². The van der Waals surface area contributed by atoms with Gasteiger partial charge in [0, 0.05) is 11.2 Å². The highest BCUT2D eigenvalue weighted by atomic mass is 35.5. The van der Waals surface area contributed by atoms with E-state index in [0.717, 1.165) is 0 Å². The first-order valence-corrected chi connectivity index (χ1v) is 8.13. The van der Waals surface area contributed by atoms with Gasteiger partial charge in [-0.05, 0) is 24.3 Å². The van der Waals surface area contributed by atoms with Crippen molar-refractivity contribution in [3.05, 3.63) is 47.2 Å². The first-order chi connectivity index (χ1) is 10.9. The number of rotatable bonds is 5. The Morgan fingerprint density at radius 3 is 2.61 bits per heavy atom. The van der Waals surface area contributed by atoms with Gasteiger partial charge in [0.05, 0.1) is 31.7 Å². The molecule has 0 amide bonds. The van der Waals surface area contributed by atoms with Crippen molar-refractivity contribution < 1.29 is 22.7 Å². The van der Waals surface area contributed by atoms with Gasteiger partial charge in [-0.25, -0.2) is 13.2 Å². The SMILES string of the molecule is COC(=O)c1cncc(NS(=O)(=O)c2cc(Cl)ccc2OC)c1. The largest absolute Gasteiger partial charge is 0.495 e. The third-order valence-electron chi connectivity index (χ3n) is 2.83. The molecular weight excluding hydrogens is 344 g/mol. The molecule has 0 aliphatic heterocycles. The van der Waals surface area contributed by atoms with Crippen molar-refractivity contribution in [2.75, 3.05) is 18.9 Å². The summed E-state index contributed by atoms with van der Waals surface area (Å²) in [5.41, 5.74) is 0.223. The van der Waals surface area contributed by atoms with E-state index in [2.05, 4.69) is 14.4 Å². The minimum atomic E-state index is -3.98. The van der Waals surface area contributed by atoms with Crippen LogP contribution in [0.2, 0.25) is 5.02 Å². The van der Waals surface area contributed by atoms with Crippen LogP contribution in [0.5, 0.6) is 5.75 Å². The first-order valence-electron chi connectivity index (χ1n) is 6.27. The van der Waals surface area contributed by atoms with E-state index in [-0.39, 0.29) is 26.9 Å². The second-order valence-electron chi connectivity index (χ2n) is 4.35. The lowest BCUT2D eigenvalue weighted by molar-refractivity contribution is 0.0600. The lowest BCUT2D eigenvalue weighted by Gasteiger charge is -2.12. The molecule has 2 aromatic rings. The summed E-state index contributed by atoms with van der Waals surface area (Å²) in [6.07, 6.45) is 2.53. The van der Waals surface area contributed by atoms with Crippen LogP contribution in [-0.4, -0.2) is 33.6 Å². The maximum absolute atomic E-state index is 12.5. The fourth-order valence-corrected chi connectivity index (χ4v) is 3.26. The number of anilines is 1. The number of halogens is 1. The van der Waals surface area contributed by atoms with E-state index < -0.39 is 16.0 Å². The lowest BCUT2D eigenvalue weighted by Crippen LogP contribution is -2.15. The van der Waals surface area contributed by atoms with Crippen molar-refractivity contribution in [3.8, 4) is 5.75 Å². The standard InChI is InChI=1S/C14H13ClN2O5S/c1-21-12-4-3-10(15)6-13(12)23(19,20)17-11-5-9(7-16-8-11)14(18)22-2/h3-8,17H,1-2H3. The molecule has 0 aliphatic carbocycles. The van der Waals surface area contributed by atoms with Gasteiger partial charge in [-0.3, -0.25) is 9.71 Å². The number of nitrogens with one attached hydrogen (secondary N) is 1. The van der Waals surface area contributed by atoms with Gasteiger partial charge >= 0.3 is 5.97 Å². The van der Waals surface area contributed by atoms with Gasteiger partial charge in [-0.15, -0.1) is 0 Å². The third kappa shape index (κ3) is 3.91. The highest BCUT2D eigenvalue weighted by molar-refractivity contribution is 7.92. The van der Waals surface area contributed by atoms with Crippen LogP contribution in [0, 0.1) is 0 Å². The van der Waals surface area contributed by atoms with Crippen LogP contribution in [0.3, 0.4) is 0 Å². The quantitative estimate of drug-likeness (QED) is 0.826. The van der Waals surface area contributed by atoms with Gasteiger partial charge in [0.2, 0.25) is 0 Å². The first kappa shape index (κ1) is 17.0. The highest BCUT2D eigenvalue weighted by Gasteiger charge is 2.21. The Morgan fingerprint density at radius 1 is 1.22 bits per heavy atom. The van der Waals surface area contributed by atoms with Crippen LogP contribution in [0.1, 0.15) is 10.4 Å². The summed E-state index contributed by atoms with van der Waals surface area (Å²) in [6, 6.07) is 5.53. The van der Waals surface area contributed by atoms with Gasteiger partial charge in [-0.1, -0.05) is 11.6 Å². The fraction of sp³-hybridized carbons (Fsp3) is 0.143. The Hall–Kier alpha value is -2.32. The minimum absolute atomic E-state index is 0.106. The molecule has 1 aromatic carbocycles. The molecule has 0 atom stereocenters. The molecule has 0 spiro atoms. The summed E-state index contributed by atoms with van der Waals surface area (Å²) < 4.78 is 36.9. The normalized spacial score (nSPS) is 10.9. The number of benzene rings is 1. The number of carbonyl (C=O) groups excluding carboxylic acids is 1. The Balaban J connectivity index is 2.39. The number of nitrogens with zero attached hydrogens (tertiary/aromatic N) is 1. The van der Waals surface area contributed by atoms with Crippen LogP contribution < -0.4 is 9.46 Å². The number of methoxy groups -OCH3 is 2. The summed E-state index contributed by atoms with van der Waals surface area (Å²) in [5.74, 6) is -0.488. The summed E-state index contributed by atoms with van der Waals surface area (Å²) in [4.78, 5) is 15.1. The number of pyridine rings is 1. The molecule has 0 fully saturated rings. The maximum atomic E-state index is 12.5. The average molecular weight is 357 g/mol. The Labute approximate surface area is 138 Å². The average Bonchev–Trinajstić information content (AvgIpc) is 2.54. The van der Waals surface area contributed by atoms with Gasteiger partial charge in [-0.2, -0.15) is 0 Å². The van der Waals surface area contributed by atoms with E-state index in [1.54, 1.807) is 0 Å². The number of hydrogen-bond donors (Lipinski definition) is 1. The summed E-state index contributed by atoms with van der Waals surface area (Å²) in [7, 11) is -1.41. The Bertz CT molecular complexity index is 839. The van der Waals surface area contributed by atoms with Gasteiger partial charge < -0.3 is 9.47 Å². The molecule has 122 valence electrons. The van der Waals surface area contributed by atoms with E-state index in [9.17, 15) is 13.2 Å². The number of esters is 1. The zero-order valence-electron chi connectivity index (χ0n) is 12.2. The zero-order valence-corrected chi connectivity index (χ0v) is 13.8. The van der Waals surface area contributed by atoms with Crippen LogP contribution in [-0.2, 0) is 14.8 Å². The lowest BCUT2D eigenvalue weighted by atomic mass is 10.3. The van der Waals surface area contributed by atoms with Crippen molar-refractivity contribution in [3.63, 3.8) is 0 Å². The smallest absolute Gasteiger partial charge is 0.339 e. The van der Waals surface area contributed by atoms with E-state index in [1.165, 1.54) is 50.9 Å². The number of sulfonamides is 1. The van der Waals surface area contributed by atoms with Gasteiger partial charge in [0.1, 0.15) is 10.6 Å². The molecular formula is C14H13ClN2O5S. The minimum Gasteiger partial charge on any atom is -0.495 e. The predicted octanol–water partition coefficient (Wildman–Crippen LogP) is 2.33. The molecule has 9 heteroatoms. The monoisotopic (exact) mass is 356 g/mol. The van der Waals surface area contributed by atoms with E-state index in [1.807, 2.05) is 0 Å². The number of hydrogen-bond acceptors (Lipinski definition) is 6. The molecule has 1 N–H and O–H groups in total. The molecule has 1 heterocycles. The van der Waals surface area contributed by atoms with Crippen molar-refractivity contribution in [2.45, 2.75) is 4.90 Å². The number of ether oxygens (including phenoxy) is 2. The Morgan fingerprint density at radius 2 is 1.96 bits per heavy atom. The van der Waals surface area contributed by atoms with Gasteiger partial charge in [0.15, 0.2) is 0 Å². The molecule has 0 saturated heterocycles. The predicted molar refractivity (Wildman–Crippen MR) is 84.4 cm³/mol. The van der Waals surface area contributed by atoms with Crippen LogP contribution in [0.15, 0.2) is 41.6 Å². The molecule has 2 rings (SSSR count). The topological polar surface area (TPSA) is 94.6 Å². The molecule has 23 heavy (non-hydrogen) atoms. The Kier molecular flexibility index (Phi) is 5.07. The molecule has 1 aromatic heterocycles. The van der Waals surface area contributed by atoms with Crippen molar-refractivity contribution in [1.29, 1.82) is 0 Å². The van der Waals surface area contributed by atoms with E-state index in [0.29, 0.717) is 0 Å². The second kappa shape index (κ2) is 6.84. The molecule has 0 radical (unpaired) electrons. The van der Waals surface area contributed by atoms with Crippen molar-refractivity contribution >= 4 is 33.3 Å². The molecule has 0 unspecified atom stereocenters. The fourth-order valence-electron chi connectivity index (χ4n) is 1.80. The van der Waals surface area contributed by atoms with Crippen LogP contribution in [0.4, 0.5) is 5.69 Å². The van der Waals surface area contributed by atoms with Crippen molar-refractivity contribution in [2.24, 2.45) is 0 Å².